The normalized spacial score (nSPS) is 20.2. The number of sulfonamides is 1. The summed E-state index contributed by atoms with van der Waals surface area (Å²) in [5.41, 5.74) is 0.661. The van der Waals surface area contributed by atoms with Crippen LogP contribution < -0.4 is 10.0 Å². The standard InChI is InChI=1S/C16H18N2O4S2/c19-16(22-10-13-11-23-8-9-24(20,21)18-13)17-15-7-3-5-12-4-1-2-6-14(12)15/h1-7,13,18H,8-11H2,(H,17,19)/t13-/m1/s1. The summed E-state index contributed by atoms with van der Waals surface area (Å²) in [7, 11) is -3.29. The van der Waals surface area contributed by atoms with Crippen LogP contribution in [0.2, 0.25) is 0 Å². The van der Waals surface area contributed by atoms with Crippen molar-refractivity contribution in [2.75, 3.05) is 29.2 Å². The van der Waals surface area contributed by atoms with E-state index in [9.17, 15) is 13.2 Å². The van der Waals surface area contributed by atoms with Crippen LogP contribution in [0.25, 0.3) is 10.8 Å². The van der Waals surface area contributed by atoms with E-state index >= 15 is 0 Å². The Morgan fingerprint density at radius 1 is 1.25 bits per heavy atom. The summed E-state index contributed by atoms with van der Waals surface area (Å²) >= 11 is 1.53. The molecule has 1 amide bonds. The van der Waals surface area contributed by atoms with Gasteiger partial charge >= 0.3 is 6.09 Å². The molecule has 0 spiro atoms. The molecule has 0 unspecified atom stereocenters. The van der Waals surface area contributed by atoms with Crippen LogP contribution in [0.15, 0.2) is 42.5 Å². The number of hydrogen-bond donors (Lipinski definition) is 2. The van der Waals surface area contributed by atoms with Gasteiger partial charge in [-0.3, -0.25) is 5.32 Å². The fourth-order valence-electron chi connectivity index (χ4n) is 2.48. The predicted octanol–water partition coefficient (Wildman–Crippen LogP) is 2.42. The minimum absolute atomic E-state index is 0.00281. The van der Waals surface area contributed by atoms with Gasteiger partial charge in [-0.25, -0.2) is 17.9 Å². The first kappa shape index (κ1) is 17.1. The highest BCUT2D eigenvalue weighted by Crippen LogP contribution is 2.23. The molecule has 3 rings (SSSR count). The molecule has 0 saturated carbocycles. The van der Waals surface area contributed by atoms with Gasteiger partial charge in [-0.2, -0.15) is 11.8 Å². The van der Waals surface area contributed by atoms with Gasteiger partial charge in [0, 0.05) is 16.9 Å². The van der Waals surface area contributed by atoms with E-state index in [1.165, 1.54) is 11.8 Å². The first-order chi connectivity index (χ1) is 11.5. The summed E-state index contributed by atoms with van der Waals surface area (Å²) < 4.78 is 31.1. The van der Waals surface area contributed by atoms with Crippen molar-refractivity contribution in [2.24, 2.45) is 0 Å². The zero-order valence-electron chi connectivity index (χ0n) is 12.9. The van der Waals surface area contributed by atoms with Crippen molar-refractivity contribution in [1.82, 2.24) is 4.72 Å². The highest BCUT2D eigenvalue weighted by Gasteiger charge is 2.23. The number of rotatable bonds is 3. The lowest BCUT2D eigenvalue weighted by atomic mass is 10.1. The molecule has 0 radical (unpaired) electrons. The molecule has 0 aromatic heterocycles. The number of carbonyl (C=O) groups is 1. The Balaban J connectivity index is 1.61. The van der Waals surface area contributed by atoms with Crippen molar-refractivity contribution < 1.29 is 17.9 Å². The van der Waals surface area contributed by atoms with E-state index in [-0.39, 0.29) is 12.4 Å². The summed E-state index contributed by atoms with van der Waals surface area (Å²) in [5.74, 6) is 1.23. The van der Waals surface area contributed by atoms with Crippen molar-refractivity contribution in [1.29, 1.82) is 0 Å². The molecule has 2 aromatic carbocycles. The molecule has 1 heterocycles. The van der Waals surface area contributed by atoms with Crippen molar-refractivity contribution in [3.63, 3.8) is 0 Å². The second-order valence-electron chi connectivity index (χ2n) is 5.46. The number of hydrogen-bond acceptors (Lipinski definition) is 5. The first-order valence-corrected chi connectivity index (χ1v) is 10.3. The Labute approximate surface area is 145 Å². The van der Waals surface area contributed by atoms with Gasteiger partial charge in [0.25, 0.3) is 0 Å². The molecule has 128 valence electrons. The second-order valence-corrected chi connectivity index (χ2v) is 8.48. The maximum Gasteiger partial charge on any atom is 0.411 e. The van der Waals surface area contributed by atoms with E-state index in [1.54, 1.807) is 6.07 Å². The van der Waals surface area contributed by atoms with Crippen LogP contribution in [-0.4, -0.2) is 44.4 Å². The number of nitrogens with one attached hydrogen (secondary N) is 2. The molecule has 1 aliphatic heterocycles. The highest BCUT2D eigenvalue weighted by molar-refractivity contribution is 8.00. The van der Waals surface area contributed by atoms with Crippen LogP contribution in [0.1, 0.15) is 0 Å². The minimum Gasteiger partial charge on any atom is -0.448 e. The number of fused-ring (bicyclic) bond motifs is 1. The van der Waals surface area contributed by atoms with Gasteiger partial charge in [0.2, 0.25) is 10.0 Å². The number of carbonyl (C=O) groups excluding carboxylic acids is 1. The van der Waals surface area contributed by atoms with E-state index in [2.05, 4.69) is 10.0 Å². The van der Waals surface area contributed by atoms with Crippen LogP contribution >= 0.6 is 11.8 Å². The van der Waals surface area contributed by atoms with Gasteiger partial charge in [0.05, 0.1) is 17.5 Å². The van der Waals surface area contributed by atoms with Crippen LogP contribution in [0.5, 0.6) is 0 Å². The highest BCUT2D eigenvalue weighted by atomic mass is 32.2. The van der Waals surface area contributed by atoms with Crippen LogP contribution in [0.3, 0.4) is 0 Å². The van der Waals surface area contributed by atoms with Crippen molar-refractivity contribution >= 4 is 44.3 Å². The van der Waals surface area contributed by atoms with Gasteiger partial charge in [0.15, 0.2) is 0 Å². The lowest BCUT2D eigenvalue weighted by Gasteiger charge is -2.15. The lowest BCUT2D eigenvalue weighted by Crippen LogP contribution is -2.40. The molecule has 1 aliphatic rings. The van der Waals surface area contributed by atoms with E-state index < -0.39 is 22.2 Å². The predicted molar refractivity (Wildman–Crippen MR) is 97.0 cm³/mol. The lowest BCUT2D eigenvalue weighted by molar-refractivity contribution is 0.154. The minimum atomic E-state index is -3.29. The maximum absolute atomic E-state index is 12.0. The smallest absolute Gasteiger partial charge is 0.411 e. The monoisotopic (exact) mass is 366 g/mol. The molecule has 2 N–H and O–H groups in total. The Morgan fingerprint density at radius 3 is 2.92 bits per heavy atom. The zero-order valence-corrected chi connectivity index (χ0v) is 14.5. The Hall–Kier alpha value is -1.77. The summed E-state index contributed by atoms with van der Waals surface area (Å²) in [6.45, 7) is 0.00281. The van der Waals surface area contributed by atoms with E-state index in [0.29, 0.717) is 17.2 Å². The molecule has 6 nitrogen and oxygen atoms in total. The third-order valence-corrected chi connectivity index (χ3v) is 6.43. The Morgan fingerprint density at radius 2 is 2.04 bits per heavy atom. The number of ether oxygens (including phenoxy) is 1. The number of amides is 1. The van der Waals surface area contributed by atoms with Gasteiger partial charge in [0.1, 0.15) is 6.61 Å². The third-order valence-electron chi connectivity index (χ3n) is 3.60. The molecule has 1 fully saturated rings. The van der Waals surface area contributed by atoms with Crippen LogP contribution in [0.4, 0.5) is 10.5 Å². The molecule has 24 heavy (non-hydrogen) atoms. The second kappa shape index (κ2) is 7.42. The SMILES string of the molecule is O=C(Nc1cccc2ccccc12)OC[C@@H]1CSCCS(=O)(=O)N1. The summed E-state index contributed by atoms with van der Waals surface area (Å²) in [5, 5.41) is 4.65. The average molecular weight is 366 g/mol. The van der Waals surface area contributed by atoms with Crippen molar-refractivity contribution in [2.45, 2.75) is 6.04 Å². The van der Waals surface area contributed by atoms with E-state index in [4.69, 9.17) is 4.74 Å². The quantitative estimate of drug-likeness (QED) is 0.871. The topological polar surface area (TPSA) is 84.5 Å². The Kier molecular flexibility index (Phi) is 5.27. The van der Waals surface area contributed by atoms with Gasteiger partial charge in [-0.1, -0.05) is 36.4 Å². The van der Waals surface area contributed by atoms with Gasteiger partial charge < -0.3 is 4.74 Å². The first-order valence-electron chi connectivity index (χ1n) is 7.53. The average Bonchev–Trinajstić information content (AvgIpc) is 2.73. The number of anilines is 1. The fraction of sp³-hybridized carbons (Fsp3) is 0.312. The van der Waals surface area contributed by atoms with Gasteiger partial charge in [-0.15, -0.1) is 0 Å². The molecule has 2 aromatic rings. The molecule has 1 atom stereocenters. The van der Waals surface area contributed by atoms with E-state index in [0.717, 1.165) is 10.8 Å². The Bertz CT molecular complexity index is 834. The van der Waals surface area contributed by atoms with Gasteiger partial charge in [-0.05, 0) is 11.5 Å². The summed E-state index contributed by atoms with van der Waals surface area (Å²) in [4.78, 5) is 12.0. The number of benzene rings is 2. The molecule has 1 saturated heterocycles. The fourth-order valence-corrected chi connectivity index (χ4v) is 5.34. The summed E-state index contributed by atoms with van der Waals surface area (Å²) in [6, 6.07) is 12.9. The maximum atomic E-state index is 12.0. The van der Waals surface area contributed by atoms with Crippen molar-refractivity contribution in [3.05, 3.63) is 42.5 Å². The molecular formula is C16H18N2O4S2. The van der Waals surface area contributed by atoms with Crippen LogP contribution in [-0.2, 0) is 14.8 Å². The number of thioether (sulfide) groups is 1. The largest absolute Gasteiger partial charge is 0.448 e. The molecular weight excluding hydrogens is 348 g/mol. The summed E-state index contributed by atoms with van der Waals surface area (Å²) in [6.07, 6.45) is -0.597. The van der Waals surface area contributed by atoms with Crippen molar-refractivity contribution in [3.8, 4) is 0 Å². The van der Waals surface area contributed by atoms with Crippen LogP contribution in [0, 0.1) is 0 Å². The molecule has 0 bridgehead atoms. The third kappa shape index (κ3) is 4.40. The van der Waals surface area contributed by atoms with E-state index in [1.807, 2.05) is 36.4 Å². The molecule has 8 heteroatoms. The molecule has 0 aliphatic carbocycles. The zero-order chi connectivity index (χ0) is 17.0.